The molecule has 226 valence electrons. The third-order valence-electron chi connectivity index (χ3n) is 7.09. The number of carbonyl (C=O) groups is 3. The number of likely N-dealkylation sites (N-methyl/N-ethyl adjacent to an activating group) is 1. The highest BCUT2D eigenvalue weighted by Crippen LogP contribution is 2.32. The van der Waals surface area contributed by atoms with Crippen LogP contribution < -0.4 is 26.0 Å². The molecule has 1 aliphatic rings. The van der Waals surface area contributed by atoms with Gasteiger partial charge in [-0.15, -0.1) is 5.10 Å². The highest BCUT2D eigenvalue weighted by molar-refractivity contribution is 6.02. The zero-order valence-corrected chi connectivity index (χ0v) is 24.7. The van der Waals surface area contributed by atoms with Crippen molar-refractivity contribution < 1.29 is 23.5 Å². The minimum Gasteiger partial charge on any atom is -0.489 e. The molecular formula is C31H36FN7O4. The number of carbonyl (C=O) groups excluding carboxylic acids is 3. The molecular weight excluding hydrogens is 553 g/mol. The number of hydrogen-bond acceptors (Lipinski definition) is 6. The fourth-order valence-corrected chi connectivity index (χ4v) is 4.39. The number of fused-ring (bicyclic) bond motifs is 1. The second kappa shape index (κ2) is 13.2. The molecule has 4 N–H and O–H groups in total. The molecule has 2 heterocycles. The van der Waals surface area contributed by atoms with Crippen molar-refractivity contribution in [3.63, 3.8) is 0 Å². The lowest BCUT2D eigenvalue weighted by atomic mass is 10.1. The van der Waals surface area contributed by atoms with Crippen LogP contribution in [0.4, 0.5) is 10.1 Å². The number of aromatic nitrogens is 3. The first kappa shape index (κ1) is 30.8. The summed E-state index contributed by atoms with van der Waals surface area (Å²) in [7, 11) is 3.23. The quantitative estimate of drug-likeness (QED) is 0.311. The van der Waals surface area contributed by atoms with Gasteiger partial charge in [0.05, 0.1) is 12.2 Å². The topological polar surface area (TPSA) is 137 Å². The Morgan fingerprint density at radius 3 is 2.63 bits per heavy atom. The molecule has 12 heteroatoms. The van der Waals surface area contributed by atoms with Crippen molar-refractivity contribution in [2.75, 3.05) is 18.6 Å². The van der Waals surface area contributed by atoms with Gasteiger partial charge in [0.25, 0.3) is 11.8 Å². The number of halogens is 1. The second-order valence-electron chi connectivity index (χ2n) is 10.4. The summed E-state index contributed by atoms with van der Waals surface area (Å²) in [6, 6.07) is 10.7. The zero-order chi connectivity index (χ0) is 31.3. The molecule has 11 nitrogen and oxygen atoms in total. The number of ether oxygens (including phenoxy) is 1. The van der Waals surface area contributed by atoms with Gasteiger partial charge < -0.3 is 26.0 Å². The third-order valence-corrected chi connectivity index (χ3v) is 7.09. The molecule has 0 unspecified atom stereocenters. The Kier molecular flexibility index (Phi) is 9.49. The van der Waals surface area contributed by atoms with Gasteiger partial charge >= 0.3 is 0 Å². The SMILES string of the molecule is C=C/C(=C\C(N)=C(C)C)NC(=O)CCc1ccc2c(c1)N(C)C(=O)[C@@H](NC(=O)c1nn(Cc3ccccc3F)n1C)CO2. The van der Waals surface area contributed by atoms with Crippen molar-refractivity contribution in [2.45, 2.75) is 39.3 Å². The lowest BCUT2D eigenvalue weighted by Crippen LogP contribution is -2.51. The Morgan fingerprint density at radius 2 is 1.95 bits per heavy atom. The van der Waals surface area contributed by atoms with Gasteiger partial charge in [0.2, 0.25) is 11.7 Å². The van der Waals surface area contributed by atoms with Crippen LogP contribution in [0.15, 0.2) is 78.2 Å². The van der Waals surface area contributed by atoms with Crippen molar-refractivity contribution in [1.82, 2.24) is 25.2 Å². The Balaban J connectivity index is 1.37. The molecule has 1 atom stereocenters. The average Bonchev–Trinajstić information content (AvgIpc) is 3.09. The normalized spacial score (nSPS) is 14.8. The number of allylic oxidation sites excluding steroid dienone is 3. The second-order valence-corrected chi connectivity index (χ2v) is 10.4. The molecule has 43 heavy (non-hydrogen) atoms. The third kappa shape index (κ3) is 7.21. The van der Waals surface area contributed by atoms with Gasteiger partial charge in [-0.1, -0.05) is 36.4 Å². The fraction of sp³-hybridized carbons (Fsp3) is 0.290. The number of benzene rings is 2. The Morgan fingerprint density at radius 1 is 1.21 bits per heavy atom. The lowest BCUT2D eigenvalue weighted by molar-refractivity contribution is -0.121. The summed E-state index contributed by atoms with van der Waals surface area (Å²) in [6.45, 7) is 7.55. The molecule has 0 fully saturated rings. The van der Waals surface area contributed by atoms with E-state index in [1.807, 2.05) is 19.9 Å². The molecule has 2 aromatic carbocycles. The Hall–Kier alpha value is -5.13. The van der Waals surface area contributed by atoms with E-state index in [1.54, 1.807) is 50.5 Å². The van der Waals surface area contributed by atoms with E-state index in [0.29, 0.717) is 34.8 Å². The number of nitrogens with one attached hydrogen (secondary N) is 2. The van der Waals surface area contributed by atoms with Crippen molar-refractivity contribution in [3.8, 4) is 5.75 Å². The Bertz CT molecular complexity index is 1610. The van der Waals surface area contributed by atoms with Crippen molar-refractivity contribution in [3.05, 3.63) is 101 Å². The predicted octanol–water partition coefficient (Wildman–Crippen LogP) is 2.93. The van der Waals surface area contributed by atoms with E-state index in [4.69, 9.17) is 10.5 Å². The summed E-state index contributed by atoms with van der Waals surface area (Å²) >= 11 is 0. The number of nitrogens with two attached hydrogens (primary N) is 1. The van der Waals surface area contributed by atoms with Crippen LogP contribution >= 0.6 is 0 Å². The van der Waals surface area contributed by atoms with Gasteiger partial charge in [-0.05, 0) is 56.2 Å². The first-order chi connectivity index (χ1) is 20.5. The monoisotopic (exact) mass is 589 g/mol. The minimum atomic E-state index is -0.965. The molecule has 0 bridgehead atoms. The standard InChI is InChI=1S/C31H36FN7O4/c1-6-22(16-24(33)19(2)3)34-28(40)14-12-20-11-13-27-26(15-20)37(4)31(42)25(18-43-27)35-30(41)29-36-39(38(29)5)17-21-9-7-8-10-23(21)32/h6-11,13,15-16,25H,1,12,14,17-18,33H2,2-5H3,(H,34,40)(H,35,41)/b22-16+/t25-/m0/s1. The van der Waals surface area contributed by atoms with E-state index in [9.17, 15) is 18.8 Å². The smallest absolute Gasteiger partial charge is 0.291 e. The maximum atomic E-state index is 14.0. The summed E-state index contributed by atoms with van der Waals surface area (Å²) in [5.41, 5.74) is 9.73. The molecule has 1 aromatic heterocycles. The molecule has 3 aromatic rings. The summed E-state index contributed by atoms with van der Waals surface area (Å²) in [5, 5.41) is 9.68. The summed E-state index contributed by atoms with van der Waals surface area (Å²) in [5.74, 6) is -0.928. The van der Waals surface area contributed by atoms with E-state index in [2.05, 4.69) is 22.3 Å². The molecule has 0 saturated heterocycles. The van der Waals surface area contributed by atoms with Crippen LogP contribution in [0, 0.1) is 5.82 Å². The molecule has 3 amide bonds. The van der Waals surface area contributed by atoms with Gasteiger partial charge in [-0.25, -0.2) is 9.07 Å². The van der Waals surface area contributed by atoms with Crippen LogP contribution in [0.2, 0.25) is 0 Å². The number of amides is 3. The molecule has 1 aliphatic heterocycles. The molecule has 0 spiro atoms. The van der Waals surface area contributed by atoms with E-state index in [1.165, 1.54) is 26.5 Å². The highest BCUT2D eigenvalue weighted by atomic mass is 19.1. The molecule has 0 radical (unpaired) electrons. The zero-order valence-electron chi connectivity index (χ0n) is 24.7. The van der Waals surface area contributed by atoms with Crippen molar-refractivity contribution in [1.29, 1.82) is 0 Å². The maximum Gasteiger partial charge on any atom is 0.291 e. The number of rotatable bonds is 10. The van der Waals surface area contributed by atoms with Crippen LogP contribution in [-0.4, -0.2) is 52.0 Å². The van der Waals surface area contributed by atoms with Crippen LogP contribution in [0.25, 0.3) is 0 Å². The van der Waals surface area contributed by atoms with E-state index in [0.717, 1.165) is 11.1 Å². The van der Waals surface area contributed by atoms with Gasteiger partial charge in [-0.3, -0.25) is 14.4 Å². The van der Waals surface area contributed by atoms with E-state index >= 15 is 0 Å². The fourth-order valence-electron chi connectivity index (χ4n) is 4.39. The Labute approximate surface area is 249 Å². The molecule has 0 saturated carbocycles. The van der Waals surface area contributed by atoms with Crippen molar-refractivity contribution >= 4 is 23.4 Å². The maximum absolute atomic E-state index is 14.0. The summed E-state index contributed by atoms with van der Waals surface area (Å²) in [4.78, 5) is 41.7. The van der Waals surface area contributed by atoms with Gasteiger partial charge in [0.15, 0.2) is 0 Å². The number of anilines is 1. The molecule has 0 aliphatic carbocycles. The molecule has 4 rings (SSSR count). The van der Waals surface area contributed by atoms with Gasteiger partial charge in [0, 0.05) is 37.5 Å². The van der Waals surface area contributed by atoms with E-state index in [-0.39, 0.29) is 43.0 Å². The summed E-state index contributed by atoms with van der Waals surface area (Å²) < 4.78 is 21.4. The van der Waals surface area contributed by atoms with Crippen LogP contribution in [-0.2, 0) is 29.6 Å². The lowest BCUT2D eigenvalue weighted by Gasteiger charge is -2.23. The van der Waals surface area contributed by atoms with Gasteiger partial charge in [-0.2, -0.15) is 4.80 Å². The number of hydrogen-bond donors (Lipinski definition) is 3. The van der Waals surface area contributed by atoms with E-state index < -0.39 is 11.9 Å². The minimum absolute atomic E-state index is 0.0783. The highest BCUT2D eigenvalue weighted by Gasteiger charge is 2.32. The van der Waals surface area contributed by atoms with Gasteiger partial charge in [0.1, 0.15) is 24.2 Å². The first-order valence-electron chi connectivity index (χ1n) is 13.7. The first-order valence-corrected chi connectivity index (χ1v) is 13.7. The van der Waals surface area contributed by atoms with Crippen LogP contribution in [0.1, 0.15) is 42.0 Å². The number of nitrogens with zero attached hydrogens (tertiary/aromatic N) is 4. The average molecular weight is 590 g/mol. The van der Waals surface area contributed by atoms with Crippen LogP contribution in [0.5, 0.6) is 5.75 Å². The van der Waals surface area contributed by atoms with Crippen LogP contribution in [0.3, 0.4) is 0 Å². The largest absolute Gasteiger partial charge is 0.489 e. The predicted molar refractivity (Wildman–Crippen MR) is 161 cm³/mol. The van der Waals surface area contributed by atoms with Crippen molar-refractivity contribution in [2.24, 2.45) is 12.8 Å². The number of aryl methyl sites for hydroxylation is 1. The summed E-state index contributed by atoms with van der Waals surface area (Å²) in [6.07, 6.45) is 3.80.